The van der Waals surface area contributed by atoms with Crippen LogP contribution in [0.15, 0.2) is 12.2 Å². The fourth-order valence-corrected chi connectivity index (χ4v) is 4.44. The van der Waals surface area contributed by atoms with Crippen LogP contribution < -0.4 is 0 Å². The number of carbonyl (C=O) groups excluding carboxylic acids is 1. The van der Waals surface area contributed by atoms with Crippen molar-refractivity contribution in [2.45, 2.75) is 52.8 Å². The van der Waals surface area contributed by atoms with Crippen LogP contribution in [-0.4, -0.2) is 33.8 Å². The molecule has 0 heterocycles. The van der Waals surface area contributed by atoms with Crippen LogP contribution in [0.2, 0.25) is 12.6 Å². The first-order valence-corrected chi connectivity index (χ1v) is 9.05. The third-order valence-corrected chi connectivity index (χ3v) is 5.57. The van der Waals surface area contributed by atoms with Gasteiger partial charge in [-0.2, -0.15) is 0 Å². The molecule has 0 bridgehead atoms. The molecule has 0 aromatic rings. The van der Waals surface area contributed by atoms with Crippen molar-refractivity contribution in [2.75, 3.05) is 13.2 Å². The molecule has 0 aliphatic rings. The molecule has 0 aliphatic heterocycles. The maximum absolute atomic E-state index is 11.5. The summed E-state index contributed by atoms with van der Waals surface area (Å²) in [7, 11) is -2.24. The minimum absolute atomic E-state index is 0.163. The van der Waals surface area contributed by atoms with Gasteiger partial charge in [-0.15, -0.1) is 0 Å². The van der Waals surface area contributed by atoms with E-state index in [1.54, 1.807) is 6.92 Å². The summed E-state index contributed by atoms with van der Waals surface area (Å²) >= 11 is 0. The van der Waals surface area contributed by atoms with E-state index < -0.39 is 8.56 Å². The molecular formula is C13H26O4Si. The van der Waals surface area contributed by atoms with E-state index in [0.717, 1.165) is 6.42 Å². The maximum atomic E-state index is 11.5. The molecule has 1 unspecified atom stereocenters. The molecule has 18 heavy (non-hydrogen) atoms. The Labute approximate surface area is 112 Å². The lowest BCUT2D eigenvalue weighted by molar-refractivity contribution is -0.143. The molecule has 4 nitrogen and oxygen atoms in total. The van der Waals surface area contributed by atoms with Gasteiger partial charge in [-0.25, -0.2) is 4.79 Å². The van der Waals surface area contributed by atoms with Crippen molar-refractivity contribution >= 4 is 14.5 Å². The zero-order valence-corrected chi connectivity index (χ0v) is 13.2. The summed E-state index contributed by atoms with van der Waals surface area (Å²) < 4.78 is 16.9. The molecular weight excluding hydrogens is 248 g/mol. The lowest BCUT2D eigenvalue weighted by atomic mass is 10.3. The number of rotatable bonds is 9. The van der Waals surface area contributed by atoms with Gasteiger partial charge in [0.25, 0.3) is 0 Å². The van der Waals surface area contributed by atoms with Crippen LogP contribution in [0.3, 0.4) is 0 Å². The highest BCUT2D eigenvalue weighted by molar-refractivity contribution is 6.66. The first kappa shape index (κ1) is 17.3. The highest BCUT2D eigenvalue weighted by atomic mass is 28.4. The summed E-state index contributed by atoms with van der Waals surface area (Å²) in [6.45, 7) is 14.4. The number of hydrogen-bond acceptors (Lipinski definition) is 4. The molecule has 0 rings (SSSR count). The fraction of sp³-hybridized carbons (Fsp3) is 0.769. The van der Waals surface area contributed by atoms with Crippen LogP contribution in [-0.2, 0) is 18.4 Å². The third kappa shape index (κ3) is 6.33. The van der Waals surface area contributed by atoms with Crippen LogP contribution in [0.1, 0.15) is 34.1 Å². The minimum atomic E-state index is -2.24. The van der Waals surface area contributed by atoms with E-state index in [4.69, 9.17) is 13.6 Å². The van der Waals surface area contributed by atoms with Crippen LogP contribution in [0.4, 0.5) is 0 Å². The maximum Gasteiger partial charge on any atom is 0.338 e. The van der Waals surface area contributed by atoms with Gasteiger partial charge in [0, 0.05) is 24.8 Å². The number of ether oxygens (including phenoxy) is 1. The average Bonchev–Trinajstić information content (AvgIpc) is 2.28. The highest BCUT2D eigenvalue weighted by Gasteiger charge is 2.35. The zero-order valence-electron chi connectivity index (χ0n) is 12.2. The van der Waals surface area contributed by atoms with E-state index in [1.807, 2.05) is 27.3 Å². The molecule has 0 aliphatic carbocycles. The molecule has 0 aromatic carbocycles. The second kappa shape index (κ2) is 8.45. The average molecular weight is 274 g/mol. The molecule has 5 heteroatoms. The minimum Gasteiger partial charge on any atom is -0.459 e. The van der Waals surface area contributed by atoms with E-state index in [0.29, 0.717) is 24.8 Å². The first-order chi connectivity index (χ1) is 8.38. The molecule has 0 aromatic heterocycles. The first-order valence-electron chi connectivity index (χ1n) is 6.52. The van der Waals surface area contributed by atoms with E-state index in [1.165, 1.54) is 0 Å². The molecule has 0 radical (unpaired) electrons. The Morgan fingerprint density at radius 1 is 1.22 bits per heavy atom. The van der Waals surface area contributed by atoms with Crippen LogP contribution in [0.25, 0.3) is 0 Å². The summed E-state index contributed by atoms with van der Waals surface area (Å²) in [5.74, 6) is -0.341. The Kier molecular flexibility index (Phi) is 8.14. The zero-order chi connectivity index (χ0) is 14.2. The molecule has 1 atom stereocenters. The Hall–Kier alpha value is -0.653. The van der Waals surface area contributed by atoms with Crippen molar-refractivity contribution in [2.24, 2.45) is 0 Å². The molecule has 106 valence electrons. The smallest absolute Gasteiger partial charge is 0.338 e. The predicted octanol–water partition coefficient (Wildman–Crippen LogP) is 3.03. The second-order valence-electron chi connectivity index (χ2n) is 4.42. The SMILES string of the molecule is C=C(C)C(=O)OC(CC)C[Si](C)(OCC)OCC. The van der Waals surface area contributed by atoms with Crippen molar-refractivity contribution in [1.29, 1.82) is 0 Å². The molecule has 0 N–H and O–H groups in total. The summed E-state index contributed by atoms with van der Waals surface area (Å²) in [5.41, 5.74) is 0.421. The third-order valence-electron chi connectivity index (χ3n) is 2.58. The lowest BCUT2D eigenvalue weighted by Gasteiger charge is -2.29. The molecule has 0 amide bonds. The Balaban J connectivity index is 4.55. The van der Waals surface area contributed by atoms with Gasteiger partial charge in [0.15, 0.2) is 0 Å². The van der Waals surface area contributed by atoms with Crippen LogP contribution in [0.5, 0.6) is 0 Å². The van der Waals surface area contributed by atoms with Gasteiger partial charge in [0.1, 0.15) is 6.10 Å². The Morgan fingerprint density at radius 3 is 2.06 bits per heavy atom. The van der Waals surface area contributed by atoms with Gasteiger partial charge < -0.3 is 13.6 Å². The molecule has 0 fully saturated rings. The summed E-state index contributed by atoms with van der Waals surface area (Å²) in [4.78, 5) is 11.5. The van der Waals surface area contributed by atoms with Crippen LogP contribution >= 0.6 is 0 Å². The number of carbonyl (C=O) groups is 1. The van der Waals surface area contributed by atoms with Crippen molar-refractivity contribution in [3.05, 3.63) is 12.2 Å². The van der Waals surface area contributed by atoms with E-state index in [2.05, 4.69) is 6.58 Å². The highest BCUT2D eigenvalue weighted by Crippen LogP contribution is 2.20. The van der Waals surface area contributed by atoms with E-state index in [9.17, 15) is 4.79 Å². The summed E-state index contributed by atoms with van der Waals surface area (Å²) in [6.07, 6.45) is 0.589. The van der Waals surface area contributed by atoms with Gasteiger partial charge in [0.05, 0.1) is 0 Å². The quantitative estimate of drug-likeness (QED) is 0.368. The number of hydrogen-bond donors (Lipinski definition) is 0. The van der Waals surface area contributed by atoms with Gasteiger partial charge in [-0.3, -0.25) is 0 Å². The van der Waals surface area contributed by atoms with Crippen LogP contribution in [0, 0.1) is 0 Å². The van der Waals surface area contributed by atoms with Crippen molar-refractivity contribution in [3.63, 3.8) is 0 Å². The van der Waals surface area contributed by atoms with Crippen molar-refractivity contribution < 1.29 is 18.4 Å². The normalized spacial score (nSPS) is 13.2. The lowest BCUT2D eigenvalue weighted by Crippen LogP contribution is -2.42. The standard InChI is InChI=1S/C13H26O4Si/c1-7-12(17-13(14)11(4)5)10-18(6,15-8-2)16-9-3/h12H,4,7-10H2,1-3,5-6H3. The number of esters is 1. The van der Waals surface area contributed by atoms with Crippen molar-refractivity contribution in [3.8, 4) is 0 Å². The van der Waals surface area contributed by atoms with E-state index >= 15 is 0 Å². The Morgan fingerprint density at radius 2 is 1.72 bits per heavy atom. The predicted molar refractivity (Wildman–Crippen MR) is 74.7 cm³/mol. The van der Waals surface area contributed by atoms with Gasteiger partial charge in [-0.1, -0.05) is 13.5 Å². The molecule has 0 spiro atoms. The molecule has 0 saturated carbocycles. The second-order valence-corrected chi connectivity index (χ2v) is 7.67. The topological polar surface area (TPSA) is 44.8 Å². The Bertz CT molecular complexity index is 272. The summed E-state index contributed by atoms with van der Waals surface area (Å²) in [6, 6.07) is 0.657. The molecule has 0 saturated heterocycles. The largest absolute Gasteiger partial charge is 0.459 e. The van der Waals surface area contributed by atoms with E-state index in [-0.39, 0.29) is 12.1 Å². The summed E-state index contributed by atoms with van der Waals surface area (Å²) in [5, 5.41) is 0. The monoisotopic (exact) mass is 274 g/mol. The van der Waals surface area contributed by atoms with Gasteiger partial charge in [-0.05, 0) is 33.7 Å². The fourth-order valence-electron chi connectivity index (χ4n) is 1.71. The van der Waals surface area contributed by atoms with Crippen molar-refractivity contribution in [1.82, 2.24) is 0 Å². The van der Waals surface area contributed by atoms with Gasteiger partial charge >= 0.3 is 14.5 Å². The van der Waals surface area contributed by atoms with Gasteiger partial charge in [0.2, 0.25) is 0 Å².